The molecule has 0 radical (unpaired) electrons. The number of hydrogen-bond donors (Lipinski definition) is 0. The predicted octanol–water partition coefficient (Wildman–Crippen LogP) is 1.93. The van der Waals surface area contributed by atoms with Crippen LogP contribution in [-0.4, -0.2) is 37.8 Å². The van der Waals surface area contributed by atoms with Gasteiger partial charge in [-0.05, 0) is 23.8 Å². The van der Waals surface area contributed by atoms with Gasteiger partial charge >= 0.3 is 0 Å². The molecule has 2 aromatic heterocycles. The number of amides is 1. The summed E-state index contributed by atoms with van der Waals surface area (Å²) in [6, 6.07) is 15.0. The Morgan fingerprint density at radius 1 is 1.09 bits per heavy atom. The average Bonchev–Trinajstić information content (AvgIpc) is 3.10. The summed E-state index contributed by atoms with van der Waals surface area (Å²) in [4.78, 5) is 14.0. The molecular weight excluding hydrogens is 278 g/mol. The van der Waals surface area contributed by atoms with Crippen LogP contribution in [0, 0.1) is 0 Å². The molecule has 0 unspecified atom stereocenters. The Balaban J connectivity index is 1.72. The molecule has 0 aliphatic rings. The minimum atomic E-state index is -0.164. The molecule has 110 valence electrons. The first-order valence-electron chi connectivity index (χ1n) is 6.87. The average molecular weight is 293 g/mol. The molecule has 22 heavy (non-hydrogen) atoms. The van der Waals surface area contributed by atoms with Gasteiger partial charge in [0, 0.05) is 26.0 Å². The van der Waals surface area contributed by atoms with E-state index in [0.29, 0.717) is 18.1 Å². The quantitative estimate of drug-likeness (QED) is 0.737. The van der Waals surface area contributed by atoms with E-state index in [0.717, 1.165) is 5.56 Å². The molecule has 0 aliphatic heterocycles. The van der Waals surface area contributed by atoms with Crippen molar-refractivity contribution in [2.75, 3.05) is 7.05 Å². The molecule has 3 rings (SSSR count). The molecular formula is C16H15N5O. The van der Waals surface area contributed by atoms with Gasteiger partial charge in [-0.25, -0.2) is 4.68 Å². The lowest BCUT2D eigenvalue weighted by atomic mass is 10.2. The molecule has 0 bridgehead atoms. The van der Waals surface area contributed by atoms with Gasteiger partial charge in [0.25, 0.3) is 5.91 Å². The molecule has 3 aromatic rings. The Labute approximate surface area is 128 Å². The van der Waals surface area contributed by atoms with Crippen LogP contribution in [0.3, 0.4) is 0 Å². The van der Waals surface area contributed by atoms with Gasteiger partial charge in [-0.15, -0.1) is 10.2 Å². The molecule has 2 heterocycles. The fourth-order valence-electron chi connectivity index (χ4n) is 2.09. The Kier molecular flexibility index (Phi) is 3.91. The van der Waals surface area contributed by atoms with E-state index in [1.165, 1.54) is 0 Å². The Morgan fingerprint density at radius 2 is 1.91 bits per heavy atom. The Morgan fingerprint density at radius 3 is 2.55 bits per heavy atom. The van der Waals surface area contributed by atoms with E-state index in [1.807, 2.05) is 30.3 Å². The molecule has 0 saturated heterocycles. The van der Waals surface area contributed by atoms with Gasteiger partial charge in [0.2, 0.25) is 0 Å². The van der Waals surface area contributed by atoms with Crippen molar-refractivity contribution < 1.29 is 4.79 Å². The summed E-state index contributed by atoms with van der Waals surface area (Å²) < 4.78 is 1.59. The normalized spacial score (nSPS) is 10.4. The number of aromatic nitrogens is 4. The van der Waals surface area contributed by atoms with Gasteiger partial charge < -0.3 is 4.90 Å². The highest BCUT2D eigenvalue weighted by Gasteiger charge is 2.14. The standard InChI is InChI=1S/C16H15N5O/c1-20(12-13-6-3-2-4-7-13)16(22)14-8-9-15(19-18-14)21-11-5-10-17-21/h2-11H,12H2,1H3. The first kappa shape index (κ1) is 13.9. The van der Waals surface area contributed by atoms with Crippen molar-refractivity contribution in [1.29, 1.82) is 0 Å². The van der Waals surface area contributed by atoms with Crippen LogP contribution in [0.1, 0.15) is 16.1 Å². The molecule has 1 aromatic carbocycles. The third-order valence-electron chi connectivity index (χ3n) is 3.22. The smallest absolute Gasteiger partial charge is 0.274 e. The van der Waals surface area contributed by atoms with Crippen LogP contribution in [-0.2, 0) is 6.54 Å². The number of benzene rings is 1. The molecule has 6 nitrogen and oxygen atoms in total. The van der Waals surface area contributed by atoms with E-state index in [-0.39, 0.29) is 5.91 Å². The highest BCUT2D eigenvalue weighted by atomic mass is 16.2. The molecule has 0 spiro atoms. The van der Waals surface area contributed by atoms with E-state index in [9.17, 15) is 4.79 Å². The summed E-state index contributed by atoms with van der Waals surface area (Å²) in [6.07, 6.45) is 3.43. The molecule has 0 atom stereocenters. The topological polar surface area (TPSA) is 63.9 Å². The minimum Gasteiger partial charge on any atom is -0.336 e. The van der Waals surface area contributed by atoms with Gasteiger partial charge in [-0.2, -0.15) is 5.10 Å². The minimum absolute atomic E-state index is 0.164. The summed E-state index contributed by atoms with van der Waals surface area (Å²) >= 11 is 0. The van der Waals surface area contributed by atoms with E-state index >= 15 is 0 Å². The fraction of sp³-hybridized carbons (Fsp3) is 0.125. The van der Waals surface area contributed by atoms with Gasteiger partial charge in [0.1, 0.15) is 0 Å². The van der Waals surface area contributed by atoms with Crippen molar-refractivity contribution in [1.82, 2.24) is 24.9 Å². The second-order valence-electron chi connectivity index (χ2n) is 4.87. The van der Waals surface area contributed by atoms with Gasteiger partial charge in [-0.3, -0.25) is 4.79 Å². The van der Waals surface area contributed by atoms with Crippen LogP contribution < -0.4 is 0 Å². The number of carbonyl (C=O) groups excluding carboxylic acids is 1. The predicted molar refractivity (Wildman–Crippen MR) is 81.4 cm³/mol. The SMILES string of the molecule is CN(Cc1ccccc1)C(=O)c1ccc(-n2cccn2)nn1. The second kappa shape index (κ2) is 6.17. The fourth-order valence-corrected chi connectivity index (χ4v) is 2.09. The maximum Gasteiger partial charge on any atom is 0.274 e. The van der Waals surface area contributed by atoms with Crippen LogP contribution in [0.15, 0.2) is 60.9 Å². The number of hydrogen-bond acceptors (Lipinski definition) is 4. The third kappa shape index (κ3) is 3.01. The first-order chi connectivity index (χ1) is 10.7. The monoisotopic (exact) mass is 293 g/mol. The van der Waals surface area contributed by atoms with Crippen molar-refractivity contribution in [3.63, 3.8) is 0 Å². The largest absolute Gasteiger partial charge is 0.336 e. The lowest BCUT2D eigenvalue weighted by Gasteiger charge is -2.16. The summed E-state index contributed by atoms with van der Waals surface area (Å²) in [5, 5.41) is 12.1. The van der Waals surface area contributed by atoms with E-state index < -0.39 is 0 Å². The zero-order valence-corrected chi connectivity index (χ0v) is 12.1. The van der Waals surface area contributed by atoms with Gasteiger partial charge in [0.15, 0.2) is 11.5 Å². The van der Waals surface area contributed by atoms with Crippen LogP contribution in [0.5, 0.6) is 0 Å². The zero-order valence-electron chi connectivity index (χ0n) is 12.1. The van der Waals surface area contributed by atoms with Crippen LogP contribution in [0.2, 0.25) is 0 Å². The molecule has 6 heteroatoms. The van der Waals surface area contributed by atoms with Crippen molar-refractivity contribution >= 4 is 5.91 Å². The van der Waals surface area contributed by atoms with Crippen molar-refractivity contribution in [2.24, 2.45) is 0 Å². The number of rotatable bonds is 4. The maximum absolute atomic E-state index is 12.3. The summed E-state index contributed by atoms with van der Waals surface area (Å²) in [6.45, 7) is 0.530. The second-order valence-corrected chi connectivity index (χ2v) is 4.87. The van der Waals surface area contributed by atoms with Crippen LogP contribution in [0.25, 0.3) is 5.82 Å². The number of carbonyl (C=O) groups is 1. The van der Waals surface area contributed by atoms with E-state index in [2.05, 4.69) is 15.3 Å². The van der Waals surface area contributed by atoms with Gasteiger partial charge in [-0.1, -0.05) is 30.3 Å². The maximum atomic E-state index is 12.3. The van der Waals surface area contributed by atoms with Crippen LogP contribution >= 0.6 is 0 Å². The van der Waals surface area contributed by atoms with E-state index in [4.69, 9.17) is 0 Å². The zero-order chi connectivity index (χ0) is 15.4. The first-order valence-corrected chi connectivity index (χ1v) is 6.87. The highest BCUT2D eigenvalue weighted by molar-refractivity contribution is 5.91. The Bertz CT molecular complexity index is 738. The molecule has 0 saturated carbocycles. The number of nitrogens with zero attached hydrogens (tertiary/aromatic N) is 5. The molecule has 0 fully saturated rings. The summed E-state index contributed by atoms with van der Waals surface area (Å²) in [5.41, 5.74) is 1.38. The van der Waals surface area contributed by atoms with Crippen molar-refractivity contribution in [3.05, 3.63) is 72.2 Å². The van der Waals surface area contributed by atoms with E-state index in [1.54, 1.807) is 47.2 Å². The van der Waals surface area contributed by atoms with Crippen LogP contribution in [0.4, 0.5) is 0 Å². The van der Waals surface area contributed by atoms with Crippen molar-refractivity contribution in [2.45, 2.75) is 6.54 Å². The summed E-state index contributed by atoms with van der Waals surface area (Å²) in [7, 11) is 1.75. The molecule has 1 amide bonds. The lowest BCUT2D eigenvalue weighted by Crippen LogP contribution is -2.27. The summed E-state index contributed by atoms with van der Waals surface area (Å²) in [5.74, 6) is 0.413. The van der Waals surface area contributed by atoms with Crippen molar-refractivity contribution in [3.8, 4) is 5.82 Å². The van der Waals surface area contributed by atoms with Gasteiger partial charge in [0.05, 0.1) is 0 Å². The third-order valence-corrected chi connectivity index (χ3v) is 3.22. The molecule has 0 N–H and O–H groups in total. The Hall–Kier alpha value is -3.02. The lowest BCUT2D eigenvalue weighted by molar-refractivity contribution is 0.0778. The highest BCUT2D eigenvalue weighted by Crippen LogP contribution is 2.07. The molecule has 0 aliphatic carbocycles.